The molecule has 0 fully saturated rings. The molecular formula is C15H18N2O2S. The molecule has 5 heteroatoms. The Morgan fingerprint density at radius 3 is 2.60 bits per heavy atom. The van der Waals surface area contributed by atoms with Crippen molar-refractivity contribution in [2.24, 2.45) is 5.92 Å². The summed E-state index contributed by atoms with van der Waals surface area (Å²) in [6, 6.07) is 7.46. The van der Waals surface area contributed by atoms with Crippen molar-refractivity contribution in [3.8, 4) is 0 Å². The molecule has 1 N–H and O–H groups in total. The van der Waals surface area contributed by atoms with Crippen LogP contribution in [0.3, 0.4) is 0 Å². The number of aromatic nitrogens is 2. The number of aliphatic hydroxyl groups excluding tert-OH is 1. The van der Waals surface area contributed by atoms with Crippen LogP contribution in [0.25, 0.3) is 0 Å². The monoisotopic (exact) mass is 290 g/mol. The average molecular weight is 290 g/mol. The summed E-state index contributed by atoms with van der Waals surface area (Å²) in [5.74, 6) is 0.414. The summed E-state index contributed by atoms with van der Waals surface area (Å²) < 4.78 is 1.70. The lowest BCUT2D eigenvalue weighted by molar-refractivity contribution is 0.282. The van der Waals surface area contributed by atoms with Gasteiger partial charge in [-0.3, -0.25) is 4.79 Å². The van der Waals surface area contributed by atoms with Gasteiger partial charge < -0.3 is 9.67 Å². The number of rotatable bonds is 5. The summed E-state index contributed by atoms with van der Waals surface area (Å²) in [4.78, 5) is 17.4. The topological polar surface area (TPSA) is 55.1 Å². The van der Waals surface area contributed by atoms with E-state index in [-0.39, 0.29) is 12.2 Å². The number of benzene rings is 1. The number of nitrogens with zero attached hydrogens (tertiary/aromatic N) is 2. The zero-order chi connectivity index (χ0) is 14.5. The molecule has 0 bridgehead atoms. The predicted octanol–water partition coefficient (Wildman–Crippen LogP) is 2.54. The van der Waals surface area contributed by atoms with Gasteiger partial charge in [0.25, 0.3) is 5.56 Å². The first-order valence-corrected chi connectivity index (χ1v) is 7.35. The molecule has 2 aromatic rings. The Balaban J connectivity index is 2.22. The van der Waals surface area contributed by atoms with Crippen molar-refractivity contribution in [1.29, 1.82) is 0 Å². The van der Waals surface area contributed by atoms with Crippen LogP contribution in [0.1, 0.15) is 19.4 Å². The van der Waals surface area contributed by atoms with Crippen LogP contribution >= 0.6 is 11.8 Å². The van der Waals surface area contributed by atoms with Crippen molar-refractivity contribution in [2.45, 2.75) is 36.9 Å². The molecule has 4 nitrogen and oxygen atoms in total. The Hall–Kier alpha value is -1.59. The molecule has 0 aliphatic heterocycles. The lowest BCUT2D eigenvalue weighted by atomic mass is 10.2. The first kappa shape index (κ1) is 14.8. The molecule has 0 aliphatic rings. The van der Waals surface area contributed by atoms with Crippen LogP contribution in [0.5, 0.6) is 0 Å². The molecule has 0 saturated heterocycles. The van der Waals surface area contributed by atoms with E-state index in [4.69, 9.17) is 5.11 Å². The zero-order valence-electron chi connectivity index (χ0n) is 11.6. The van der Waals surface area contributed by atoms with E-state index < -0.39 is 0 Å². The van der Waals surface area contributed by atoms with Crippen molar-refractivity contribution in [2.75, 3.05) is 0 Å². The van der Waals surface area contributed by atoms with E-state index in [9.17, 15) is 4.79 Å². The Labute approximate surface area is 122 Å². The van der Waals surface area contributed by atoms with E-state index in [0.29, 0.717) is 17.5 Å². The molecule has 1 heterocycles. The van der Waals surface area contributed by atoms with Crippen molar-refractivity contribution >= 4 is 11.8 Å². The van der Waals surface area contributed by atoms with Gasteiger partial charge in [-0.25, -0.2) is 4.98 Å². The minimum atomic E-state index is -0.0579. The van der Waals surface area contributed by atoms with Gasteiger partial charge in [-0.1, -0.05) is 37.7 Å². The van der Waals surface area contributed by atoms with Crippen LogP contribution in [0.15, 0.2) is 51.4 Å². The third-order valence-corrected chi connectivity index (χ3v) is 3.75. The van der Waals surface area contributed by atoms with Gasteiger partial charge in [0.1, 0.15) is 0 Å². The summed E-state index contributed by atoms with van der Waals surface area (Å²) in [5.41, 5.74) is 0.796. The molecule has 106 valence electrons. The first-order chi connectivity index (χ1) is 9.60. The van der Waals surface area contributed by atoms with E-state index in [1.165, 1.54) is 11.8 Å². The molecule has 0 unspecified atom stereocenters. The maximum Gasteiger partial charge on any atom is 0.283 e. The average Bonchev–Trinajstić information content (AvgIpc) is 2.43. The highest BCUT2D eigenvalue weighted by atomic mass is 32.2. The maximum atomic E-state index is 12.3. The second-order valence-corrected chi connectivity index (χ2v) is 6.05. The van der Waals surface area contributed by atoms with Crippen LogP contribution in [-0.2, 0) is 13.2 Å². The zero-order valence-corrected chi connectivity index (χ0v) is 12.4. The molecule has 1 aromatic carbocycles. The molecule has 0 radical (unpaired) electrons. The van der Waals surface area contributed by atoms with Crippen molar-refractivity contribution in [3.63, 3.8) is 0 Å². The Morgan fingerprint density at radius 1 is 1.30 bits per heavy atom. The third kappa shape index (κ3) is 3.71. The molecule has 0 amide bonds. The number of hydrogen-bond acceptors (Lipinski definition) is 4. The van der Waals surface area contributed by atoms with E-state index in [0.717, 1.165) is 10.5 Å². The standard InChI is InChI=1S/C15H18N2O2S/c1-11(2)9-17-8-7-16-14(15(17)19)20-13-5-3-12(10-18)4-6-13/h3-8,11,18H,9-10H2,1-2H3. The van der Waals surface area contributed by atoms with Crippen LogP contribution in [0.2, 0.25) is 0 Å². The summed E-state index contributed by atoms with van der Waals surface area (Å²) in [6.45, 7) is 4.87. The molecule has 2 rings (SSSR count). The number of aliphatic hydroxyl groups is 1. The lowest BCUT2D eigenvalue weighted by Gasteiger charge is -2.09. The van der Waals surface area contributed by atoms with Crippen LogP contribution in [0, 0.1) is 5.92 Å². The van der Waals surface area contributed by atoms with Gasteiger partial charge in [0.2, 0.25) is 0 Å². The van der Waals surface area contributed by atoms with Gasteiger partial charge in [0, 0.05) is 23.8 Å². The lowest BCUT2D eigenvalue weighted by Crippen LogP contribution is -2.23. The third-order valence-electron chi connectivity index (χ3n) is 2.76. The van der Waals surface area contributed by atoms with Crippen LogP contribution < -0.4 is 5.56 Å². The maximum absolute atomic E-state index is 12.3. The molecule has 0 atom stereocenters. The Morgan fingerprint density at radius 2 is 2.00 bits per heavy atom. The molecular weight excluding hydrogens is 272 g/mol. The highest BCUT2D eigenvalue weighted by Crippen LogP contribution is 2.23. The molecule has 0 saturated carbocycles. The Bertz CT molecular complexity index is 621. The molecule has 0 aliphatic carbocycles. The second-order valence-electron chi connectivity index (χ2n) is 4.99. The van der Waals surface area contributed by atoms with Gasteiger partial charge in [0.05, 0.1) is 6.61 Å². The highest BCUT2D eigenvalue weighted by Gasteiger charge is 2.08. The van der Waals surface area contributed by atoms with Crippen molar-refractivity contribution in [3.05, 3.63) is 52.6 Å². The minimum absolute atomic E-state index is 0.0235. The SMILES string of the molecule is CC(C)Cn1ccnc(Sc2ccc(CO)cc2)c1=O. The normalized spacial score (nSPS) is 11.0. The van der Waals surface area contributed by atoms with Crippen molar-refractivity contribution in [1.82, 2.24) is 9.55 Å². The summed E-state index contributed by atoms with van der Waals surface area (Å²) >= 11 is 1.35. The Kier molecular flexibility index (Phi) is 4.98. The summed E-state index contributed by atoms with van der Waals surface area (Å²) in [5, 5.41) is 9.49. The quantitative estimate of drug-likeness (QED) is 0.919. The molecule has 1 aromatic heterocycles. The first-order valence-electron chi connectivity index (χ1n) is 6.53. The smallest absolute Gasteiger partial charge is 0.283 e. The minimum Gasteiger partial charge on any atom is -0.392 e. The van der Waals surface area contributed by atoms with Gasteiger partial charge in [-0.15, -0.1) is 0 Å². The molecule has 0 spiro atoms. The highest BCUT2D eigenvalue weighted by molar-refractivity contribution is 7.99. The van der Waals surface area contributed by atoms with Crippen LogP contribution in [0.4, 0.5) is 0 Å². The molecule has 20 heavy (non-hydrogen) atoms. The van der Waals surface area contributed by atoms with E-state index in [1.807, 2.05) is 24.3 Å². The fraction of sp³-hybridized carbons (Fsp3) is 0.333. The van der Waals surface area contributed by atoms with Gasteiger partial charge >= 0.3 is 0 Å². The van der Waals surface area contributed by atoms with E-state index >= 15 is 0 Å². The largest absolute Gasteiger partial charge is 0.392 e. The number of hydrogen-bond donors (Lipinski definition) is 1. The van der Waals surface area contributed by atoms with Crippen molar-refractivity contribution < 1.29 is 5.11 Å². The van der Waals surface area contributed by atoms with Gasteiger partial charge in [-0.05, 0) is 23.6 Å². The predicted molar refractivity (Wildman–Crippen MR) is 79.8 cm³/mol. The van der Waals surface area contributed by atoms with Crippen LogP contribution in [-0.4, -0.2) is 14.7 Å². The fourth-order valence-electron chi connectivity index (χ4n) is 1.81. The fourth-order valence-corrected chi connectivity index (χ4v) is 2.62. The summed E-state index contributed by atoms with van der Waals surface area (Å²) in [6.07, 6.45) is 3.38. The van der Waals surface area contributed by atoms with Gasteiger partial charge in [-0.2, -0.15) is 0 Å². The summed E-state index contributed by atoms with van der Waals surface area (Å²) in [7, 11) is 0. The van der Waals surface area contributed by atoms with E-state index in [1.54, 1.807) is 17.0 Å². The van der Waals surface area contributed by atoms with Gasteiger partial charge in [0.15, 0.2) is 5.03 Å². The van der Waals surface area contributed by atoms with E-state index in [2.05, 4.69) is 18.8 Å². The second kappa shape index (κ2) is 6.72.